The smallest absolute Gasteiger partial charge is 0.338 e. The summed E-state index contributed by atoms with van der Waals surface area (Å²) < 4.78 is 17.8. The van der Waals surface area contributed by atoms with E-state index in [9.17, 15) is 9.18 Å². The highest BCUT2D eigenvalue weighted by Gasteiger charge is 2.13. The standard InChI is InChI=1S/C16H15FO2/c1-3-11-4-9-14(15(10-11)16(18)19-2)12-5-7-13(17)8-6-12/h4-10H,3H2,1-2H3. The summed E-state index contributed by atoms with van der Waals surface area (Å²) in [5, 5.41) is 0. The normalized spacial score (nSPS) is 10.3. The number of ether oxygens (including phenoxy) is 1. The predicted octanol–water partition coefficient (Wildman–Crippen LogP) is 3.84. The van der Waals surface area contributed by atoms with Crippen LogP contribution in [0, 0.1) is 5.82 Å². The predicted molar refractivity (Wildman–Crippen MR) is 72.6 cm³/mol. The molecule has 0 spiro atoms. The SMILES string of the molecule is CCc1ccc(-c2ccc(F)cc2)c(C(=O)OC)c1. The van der Waals surface area contributed by atoms with Gasteiger partial charge in [0.25, 0.3) is 0 Å². The Morgan fingerprint density at radius 3 is 2.42 bits per heavy atom. The quantitative estimate of drug-likeness (QED) is 0.782. The lowest BCUT2D eigenvalue weighted by Gasteiger charge is -2.10. The van der Waals surface area contributed by atoms with Gasteiger partial charge in [0.05, 0.1) is 12.7 Å². The van der Waals surface area contributed by atoms with Crippen molar-refractivity contribution < 1.29 is 13.9 Å². The summed E-state index contributed by atoms with van der Waals surface area (Å²) in [5.41, 5.74) is 3.12. The highest BCUT2D eigenvalue weighted by atomic mass is 19.1. The van der Waals surface area contributed by atoms with Gasteiger partial charge in [-0.3, -0.25) is 0 Å². The molecule has 19 heavy (non-hydrogen) atoms. The Labute approximate surface area is 111 Å². The summed E-state index contributed by atoms with van der Waals surface area (Å²) >= 11 is 0. The number of benzene rings is 2. The second-order valence-corrected chi connectivity index (χ2v) is 4.23. The Morgan fingerprint density at radius 1 is 1.16 bits per heavy atom. The highest BCUT2D eigenvalue weighted by molar-refractivity contribution is 5.97. The third-order valence-electron chi connectivity index (χ3n) is 3.05. The van der Waals surface area contributed by atoms with E-state index >= 15 is 0 Å². The number of rotatable bonds is 3. The zero-order chi connectivity index (χ0) is 13.8. The number of hydrogen-bond acceptors (Lipinski definition) is 2. The average molecular weight is 258 g/mol. The molecule has 0 aromatic heterocycles. The second-order valence-electron chi connectivity index (χ2n) is 4.23. The zero-order valence-electron chi connectivity index (χ0n) is 10.9. The van der Waals surface area contributed by atoms with Crippen LogP contribution in [0.3, 0.4) is 0 Å². The lowest BCUT2D eigenvalue weighted by Crippen LogP contribution is -2.04. The molecular weight excluding hydrogens is 243 g/mol. The van der Waals surface area contributed by atoms with Crippen molar-refractivity contribution in [1.29, 1.82) is 0 Å². The van der Waals surface area contributed by atoms with E-state index in [1.807, 2.05) is 25.1 Å². The summed E-state index contributed by atoms with van der Waals surface area (Å²) in [6, 6.07) is 11.7. The van der Waals surface area contributed by atoms with Gasteiger partial charge >= 0.3 is 5.97 Å². The zero-order valence-corrected chi connectivity index (χ0v) is 10.9. The monoisotopic (exact) mass is 258 g/mol. The van der Waals surface area contributed by atoms with Crippen molar-refractivity contribution in [2.75, 3.05) is 7.11 Å². The minimum absolute atomic E-state index is 0.298. The lowest BCUT2D eigenvalue weighted by atomic mass is 9.97. The van der Waals surface area contributed by atoms with Crippen molar-refractivity contribution in [2.45, 2.75) is 13.3 Å². The number of halogens is 1. The number of methoxy groups -OCH3 is 1. The number of carbonyl (C=O) groups is 1. The van der Waals surface area contributed by atoms with E-state index in [0.29, 0.717) is 5.56 Å². The van der Waals surface area contributed by atoms with Crippen molar-refractivity contribution in [3.8, 4) is 11.1 Å². The van der Waals surface area contributed by atoms with Crippen LogP contribution in [-0.2, 0) is 11.2 Å². The van der Waals surface area contributed by atoms with Crippen LogP contribution in [0.4, 0.5) is 4.39 Å². The van der Waals surface area contributed by atoms with Crippen LogP contribution in [0.25, 0.3) is 11.1 Å². The minimum Gasteiger partial charge on any atom is -0.465 e. The largest absolute Gasteiger partial charge is 0.465 e. The van der Waals surface area contributed by atoms with Gasteiger partial charge < -0.3 is 4.74 Å². The van der Waals surface area contributed by atoms with Crippen molar-refractivity contribution >= 4 is 5.97 Å². The molecule has 0 unspecified atom stereocenters. The van der Waals surface area contributed by atoms with Gasteiger partial charge in [-0.1, -0.05) is 31.2 Å². The van der Waals surface area contributed by atoms with Crippen LogP contribution in [0.15, 0.2) is 42.5 Å². The van der Waals surface area contributed by atoms with Gasteiger partial charge in [0, 0.05) is 0 Å². The Hall–Kier alpha value is -2.16. The minimum atomic E-state index is -0.380. The summed E-state index contributed by atoms with van der Waals surface area (Å²) in [7, 11) is 1.36. The maximum absolute atomic E-state index is 13.0. The Kier molecular flexibility index (Phi) is 3.95. The maximum atomic E-state index is 13.0. The van der Waals surface area contributed by atoms with E-state index in [1.54, 1.807) is 12.1 Å². The van der Waals surface area contributed by atoms with Crippen molar-refractivity contribution in [3.63, 3.8) is 0 Å². The first-order valence-electron chi connectivity index (χ1n) is 6.13. The van der Waals surface area contributed by atoms with E-state index in [-0.39, 0.29) is 11.8 Å². The van der Waals surface area contributed by atoms with Crippen molar-refractivity contribution in [2.24, 2.45) is 0 Å². The Bertz CT molecular complexity index is 588. The van der Waals surface area contributed by atoms with Gasteiger partial charge in [-0.15, -0.1) is 0 Å². The first-order valence-corrected chi connectivity index (χ1v) is 6.13. The molecule has 0 amide bonds. The molecule has 2 rings (SSSR count). The van der Waals surface area contributed by atoms with Crippen molar-refractivity contribution in [3.05, 3.63) is 59.4 Å². The van der Waals surface area contributed by atoms with E-state index in [4.69, 9.17) is 4.74 Å². The van der Waals surface area contributed by atoms with Crippen LogP contribution in [-0.4, -0.2) is 13.1 Å². The molecule has 0 saturated heterocycles. The fraction of sp³-hybridized carbons (Fsp3) is 0.188. The number of hydrogen-bond donors (Lipinski definition) is 0. The van der Waals surface area contributed by atoms with Crippen LogP contribution in [0.2, 0.25) is 0 Å². The summed E-state index contributed by atoms with van der Waals surface area (Å²) in [6.45, 7) is 2.02. The molecule has 2 nitrogen and oxygen atoms in total. The molecule has 0 atom stereocenters. The molecule has 3 heteroatoms. The molecule has 0 radical (unpaired) electrons. The van der Waals surface area contributed by atoms with Crippen molar-refractivity contribution in [1.82, 2.24) is 0 Å². The van der Waals surface area contributed by atoms with Gasteiger partial charge in [-0.05, 0) is 41.3 Å². The fourth-order valence-electron chi connectivity index (χ4n) is 1.97. The summed E-state index contributed by atoms with van der Waals surface area (Å²) in [6.07, 6.45) is 0.841. The molecular formula is C16H15FO2. The molecule has 0 heterocycles. The molecule has 0 aliphatic heterocycles. The topological polar surface area (TPSA) is 26.3 Å². The maximum Gasteiger partial charge on any atom is 0.338 e. The van der Waals surface area contributed by atoms with E-state index < -0.39 is 0 Å². The van der Waals surface area contributed by atoms with Crippen LogP contribution < -0.4 is 0 Å². The first kappa shape index (κ1) is 13.3. The fourth-order valence-corrected chi connectivity index (χ4v) is 1.97. The first-order chi connectivity index (χ1) is 9.15. The van der Waals surface area contributed by atoms with Gasteiger partial charge in [0.15, 0.2) is 0 Å². The van der Waals surface area contributed by atoms with Crippen LogP contribution >= 0.6 is 0 Å². The van der Waals surface area contributed by atoms with Crippen LogP contribution in [0.1, 0.15) is 22.8 Å². The number of carbonyl (C=O) groups excluding carboxylic acids is 1. The summed E-state index contributed by atoms with van der Waals surface area (Å²) in [5.74, 6) is -0.678. The number of esters is 1. The summed E-state index contributed by atoms with van der Waals surface area (Å²) in [4.78, 5) is 11.8. The molecule has 0 saturated carbocycles. The van der Waals surface area contributed by atoms with E-state index in [0.717, 1.165) is 23.1 Å². The third-order valence-corrected chi connectivity index (χ3v) is 3.05. The average Bonchev–Trinajstić information content (AvgIpc) is 2.46. The Morgan fingerprint density at radius 2 is 1.84 bits per heavy atom. The molecule has 0 aliphatic rings. The van der Waals surface area contributed by atoms with Crippen LogP contribution in [0.5, 0.6) is 0 Å². The molecule has 98 valence electrons. The molecule has 2 aromatic carbocycles. The second kappa shape index (κ2) is 5.65. The van der Waals surface area contributed by atoms with Gasteiger partial charge in [0.2, 0.25) is 0 Å². The number of aryl methyl sites for hydroxylation is 1. The highest BCUT2D eigenvalue weighted by Crippen LogP contribution is 2.26. The van der Waals surface area contributed by atoms with E-state index in [2.05, 4.69) is 0 Å². The lowest BCUT2D eigenvalue weighted by molar-refractivity contribution is 0.0601. The van der Waals surface area contributed by atoms with Gasteiger partial charge in [-0.2, -0.15) is 0 Å². The Balaban J connectivity index is 2.55. The molecule has 0 fully saturated rings. The molecule has 0 aliphatic carbocycles. The van der Waals surface area contributed by atoms with Gasteiger partial charge in [0.1, 0.15) is 5.82 Å². The molecule has 0 bridgehead atoms. The molecule has 2 aromatic rings. The van der Waals surface area contributed by atoms with E-state index in [1.165, 1.54) is 19.2 Å². The van der Waals surface area contributed by atoms with Gasteiger partial charge in [-0.25, -0.2) is 9.18 Å². The third kappa shape index (κ3) is 2.81. The molecule has 0 N–H and O–H groups in total.